The summed E-state index contributed by atoms with van der Waals surface area (Å²) in [5.74, 6) is 3.13. The van der Waals surface area contributed by atoms with E-state index in [1.807, 2.05) is 0 Å². The van der Waals surface area contributed by atoms with Gasteiger partial charge < -0.3 is 20.5 Å². The van der Waals surface area contributed by atoms with Crippen molar-refractivity contribution in [3.8, 4) is 0 Å². The molecule has 4 aliphatic carbocycles. The molecule has 1 aromatic carbocycles. The summed E-state index contributed by atoms with van der Waals surface area (Å²) in [6.45, 7) is 1.56. The van der Waals surface area contributed by atoms with Crippen LogP contribution in [0.2, 0.25) is 0 Å². The molecule has 4 saturated carbocycles. The van der Waals surface area contributed by atoms with Gasteiger partial charge in [0, 0.05) is 0 Å². The number of amides is 1. The molecular weight excluding hydrogens is 342 g/mol. The topological polar surface area (TPSA) is 98.2 Å². The average Bonchev–Trinajstić information content (AvgIpc) is 3.01. The fourth-order valence-corrected chi connectivity index (χ4v) is 6.52. The van der Waals surface area contributed by atoms with Crippen molar-refractivity contribution in [1.29, 1.82) is 0 Å². The van der Waals surface area contributed by atoms with Gasteiger partial charge >= 0.3 is 6.09 Å². The second-order valence-electron chi connectivity index (χ2n) is 9.22. The lowest BCUT2D eigenvalue weighted by Gasteiger charge is -2.57. The molecule has 2 atom stereocenters. The third kappa shape index (κ3) is 2.81. The molecule has 0 spiro atoms. The number of nitrogens with zero attached hydrogens (tertiary/aromatic N) is 1. The summed E-state index contributed by atoms with van der Waals surface area (Å²) in [6.07, 6.45) is 6.14. The van der Waals surface area contributed by atoms with E-state index in [-0.39, 0.29) is 0 Å². The summed E-state index contributed by atoms with van der Waals surface area (Å²) in [5, 5.41) is 21.4. The van der Waals surface area contributed by atoms with Gasteiger partial charge in [0.1, 0.15) is 11.9 Å². The Morgan fingerprint density at radius 1 is 1.22 bits per heavy atom. The third-order valence-corrected chi connectivity index (χ3v) is 7.21. The second kappa shape index (κ2) is 5.96. The Morgan fingerprint density at radius 2 is 1.85 bits per heavy atom. The number of aromatic amines is 1. The number of carbonyl (C=O) groups is 1. The first-order valence-electron chi connectivity index (χ1n) is 10.1. The van der Waals surface area contributed by atoms with Crippen LogP contribution in [0.5, 0.6) is 0 Å². The van der Waals surface area contributed by atoms with E-state index in [2.05, 4.69) is 33.5 Å². The van der Waals surface area contributed by atoms with Crippen molar-refractivity contribution < 1.29 is 15.0 Å². The van der Waals surface area contributed by atoms with E-state index >= 15 is 0 Å². The van der Waals surface area contributed by atoms with Gasteiger partial charge in [-0.15, -0.1) is 0 Å². The fourth-order valence-electron chi connectivity index (χ4n) is 6.52. The van der Waals surface area contributed by atoms with Crippen LogP contribution in [0.4, 0.5) is 4.79 Å². The number of benzene rings is 1. The molecule has 0 radical (unpaired) electrons. The maximum atomic E-state index is 11.1. The van der Waals surface area contributed by atoms with E-state index in [9.17, 15) is 9.90 Å². The molecule has 0 unspecified atom stereocenters. The first-order chi connectivity index (χ1) is 12.9. The molecule has 6 heteroatoms. The number of aliphatic hydroxyl groups excluding tert-OH is 1. The summed E-state index contributed by atoms with van der Waals surface area (Å²) in [5.41, 5.74) is 3.45. The Kier molecular flexibility index (Phi) is 3.76. The van der Waals surface area contributed by atoms with Crippen LogP contribution >= 0.6 is 0 Å². The molecular formula is C21H27N3O3. The molecule has 1 amide bonds. The van der Waals surface area contributed by atoms with E-state index in [0.29, 0.717) is 11.2 Å². The number of hydrogen-bond acceptors (Lipinski definition) is 3. The molecule has 2 aromatic rings. The minimum absolute atomic E-state index is 0.311. The lowest BCUT2D eigenvalue weighted by molar-refractivity contribution is -0.00513. The molecule has 4 N–H and O–H groups in total. The van der Waals surface area contributed by atoms with Crippen molar-refractivity contribution in [2.75, 3.05) is 0 Å². The van der Waals surface area contributed by atoms with Crippen LogP contribution in [0.25, 0.3) is 11.0 Å². The van der Waals surface area contributed by atoms with Crippen LogP contribution in [0.1, 0.15) is 62.9 Å². The van der Waals surface area contributed by atoms with Crippen LogP contribution in [0, 0.1) is 17.8 Å². The Labute approximate surface area is 158 Å². The third-order valence-electron chi connectivity index (χ3n) is 7.21. The van der Waals surface area contributed by atoms with Gasteiger partial charge in [-0.2, -0.15) is 0 Å². The monoisotopic (exact) mass is 369 g/mol. The average molecular weight is 369 g/mol. The first kappa shape index (κ1) is 17.0. The highest BCUT2D eigenvalue weighted by Gasteiger charge is 2.51. The van der Waals surface area contributed by atoms with Crippen molar-refractivity contribution >= 4 is 17.1 Å². The van der Waals surface area contributed by atoms with Gasteiger partial charge in [0.05, 0.1) is 17.1 Å². The SMILES string of the molecule is C[C@H](O)[C@H](NC(=O)O)c1nc2cc(C34CC5CC(CC(C5)C3)C4)ccc2[nH]1. The zero-order valence-electron chi connectivity index (χ0n) is 15.6. The minimum Gasteiger partial charge on any atom is -0.465 e. The van der Waals surface area contributed by atoms with Crippen LogP contribution in [-0.4, -0.2) is 32.4 Å². The van der Waals surface area contributed by atoms with Crippen molar-refractivity contribution in [2.24, 2.45) is 17.8 Å². The molecule has 6 nitrogen and oxygen atoms in total. The minimum atomic E-state index is -1.17. The lowest BCUT2D eigenvalue weighted by Crippen LogP contribution is -2.48. The smallest absolute Gasteiger partial charge is 0.405 e. The molecule has 0 aliphatic heterocycles. The highest BCUT2D eigenvalue weighted by atomic mass is 16.4. The number of carboxylic acid groups (broad SMARTS) is 1. The number of nitrogens with one attached hydrogen (secondary N) is 2. The first-order valence-corrected chi connectivity index (χ1v) is 10.1. The van der Waals surface area contributed by atoms with Gasteiger partial charge in [-0.3, -0.25) is 0 Å². The standard InChI is InChI=1S/C21H27N3O3/c1-11(25)18(24-20(26)27)19-22-16-3-2-15(7-17(16)23-19)21-8-12-4-13(9-21)6-14(5-12)10-21/h2-3,7,11-14,18,24-25H,4-6,8-10H2,1H3,(H,22,23)(H,26,27)/t11-,12?,13?,14?,18-,21?/m0/s1. The normalized spacial score (nSPS) is 33.9. The molecule has 144 valence electrons. The van der Waals surface area contributed by atoms with E-state index in [1.54, 1.807) is 6.92 Å². The summed E-state index contributed by atoms with van der Waals surface area (Å²) >= 11 is 0. The number of aliphatic hydroxyl groups is 1. The van der Waals surface area contributed by atoms with Gasteiger partial charge in [-0.25, -0.2) is 9.78 Å². The van der Waals surface area contributed by atoms with E-state index < -0.39 is 18.2 Å². The van der Waals surface area contributed by atoms with Crippen LogP contribution in [0.15, 0.2) is 18.2 Å². The number of imidazole rings is 1. The number of H-pyrrole nitrogens is 1. The zero-order valence-corrected chi connectivity index (χ0v) is 15.6. The maximum Gasteiger partial charge on any atom is 0.405 e. The van der Waals surface area contributed by atoms with Crippen LogP contribution < -0.4 is 5.32 Å². The van der Waals surface area contributed by atoms with Gasteiger partial charge in [-0.05, 0) is 86.3 Å². The number of rotatable bonds is 4. The van der Waals surface area contributed by atoms with Crippen molar-refractivity contribution in [3.05, 3.63) is 29.6 Å². The van der Waals surface area contributed by atoms with E-state index in [1.165, 1.54) is 44.1 Å². The second-order valence-corrected chi connectivity index (χ2v) is 9.22. The zero-order chi connectivity index (χ0) is 18.8. The summed E-state index contributed by atoms with van der Waals surface area (Å²) in [6, 6.07) is 5.74. The highest BCUT2D eigenvalue weighted by Crippen LogP contribution is 2.60. The van der Waals surface area contributed by atoms with E-state index in [4.69, 9.17) is 5.11 Å². The summed E-state index contributed by atoms with van der Waals surface area (Å²) in [4.78, 5) is 18.9. The number of hydrogen-bond donors (Lipinski definition) is 4. The summed E-state index contributed by atoms with van der Waals surface area (Å²) < 4.78 is 0. The molecule has 4 bridgehead atoms. The van der Waals surface area contributed by atoms with E-state index in [0.717, 1.165) is 28.8 Å². The predicted molar refractivity (Wildman–Crippen MR) is 102 cm³/mol. The van der Waals surface area contributed by atoms with Crippen molar-refractivity contribution in [3.63, 3.8) is 0 Å². The Bertz CT molecular complexity index is 853. The Hall–Kier alpha value is -2.08. The highest BCUT2D eigenvalue weighted by molar-refractivity contribution is 5.76. The van der Waals surface area contributed by atoms with Crippen LogP contribution in [-0.2, 0) is 5.41 Å². The Balaban J connectivity index is 1.50. The van der Waals surface area contributed by atoms with Crippen molar-refractivity contribution in [1.82, 2.24) is 15.3 Å². The molecule has 4 fully saturated rings. The maximum absolute atomic E-state index is 11.1. The molecule has 27 heavy (non-hydrogen) atoms. The molecule has 1 aromatic heterocycles. The van der Waals surface area contributed by atoms with Gasteiger partial charge in [0.2, 0.25) is 0 Å². The van der Waals surface area contributed by atoms with Gasteiger partial charge in [-0.1, -0.05) is 6.07 Å². The predicted octanol–water partition coefficient (Wildman–Crippen LogP) is 3.72. The number of aromatic nitrogens is 2. The molecule has 6 rings (SSSR count). The number of fused-ring (bicyclic) bond motifs is 1. The summed E-state index contributed by atoms with van der Waals surface area (Å²) in [7, 11) is 0. The van der Waals surface area contributed by atoms with Crippen LogP contribution in [0.3, 0.4) is 0 Å². The fraction of sp³-hybridized carbons (Fsp3) is 0.619. The Morgan fingerprint density at radius 3 is 2.41 bits per heavy atom. The molecule has 4 aliphatic rings. The van der Waals surface area contributed by atoms with Crippen molar-refractivity contribution in [2.45, 2.75) is 63.0 Å². The quantitative estimate of drug-likeness (QED) is 0.660. The lowest BCUT2D eigenvalue weighted by atomic mass is 9.48. The van der Waals surface area contributed by atoms with Gasteiger partial charge in [0.25, 0.3) is 0 Å². The molecule has 1 heterocycles. The molecule has 0 saturated heterocycles. The van der Waals surface area contributed by atoms with Gasteiger partial charge in [0.15, 0.2) is 0 Å². The largest absolute Gasteiger partial charge is 0.465 e.